The second kappa shape index (κ2) is 10.9. The molecule has 9 heteroatoms. The van der Waals surface area contributed by atoms with Gasteiger partial charge in [-0.3, -0.25) is 14.4 Å². The Morgan fingerprint density at radius 2 is 1.92 bits per heavy atom. The van der Waals surface area contributed by atoms with E-state index in [-0.39, 0.29) is 61.2 Å². The lowest BCUT2D eigenvalue weighted by molar-refractivity contribution is -0.134. The molecule has 1 saturated carbocycles. The van der Waals surface area contributed by atoms with E-state index in [1.807, 2.05) is 0 Å². The zero-order valence-electron chi connectivity index (χ0n) is 20.9. The second-order valence-electron chi connectivity index (χ2n) is 10.1. The minimum atomic E-state index is -0.391. The molecule has 2 fully saturated rings. The Morgan fingerprint density at radius 3 is 2.68 bits per heavy atom. The van der Waals surface area contributed by atoms with Crippen LogP contribution in [-0.2, 0) is 20.9 Å². The van der Waals surface area contributed by atoms with Gasteiger partial charge in [0.1, 0.15) is 24.3 Å². The molecule has 0 spiro atoms. The van der Waals surface area contributed by atoms with Crippen LogP contribution in [0.3, 0.4) is 0 Å². The van der Waals surface area contributed by atoms with E-state index in [1.165, 1.54) is 6.07 Å². The third-order valence-electron chi connectivity index (χ3n) is 7.60. The lowest BCUT2D eigenvalue weighted by Gasteiger charge is -2.42. The lowest BCUT2D eigenvalue weighted by atomic mass is 9.85. The van der Waals surface area contributed by atoms with Crippen LogP contribution in [0.2, 0.25) is 0 Å². The monoisotopic (exact) mass is 509 g/mol. The van der Waals surface area contributed by atoms with Gasteiger partial charge in [0.15, 0.2) is 0 Å². The topological polar surface area (TPSA) is 97.0 Å². The molecule has 0 radical (unpaired) electrons. The number of amides is 3. The number of halogens is 1. The predicted molar refractivity (Wildman–Crippen MR) is 135 cm³/mol. The predicted octanol–water partition coefficient (Wildman–Crippen LogP) is 3.65. The minimum Gasteiger partial charge on any atom is -0.490 e. The molecule has 3 amide bonds. The summed E-state index contributed by atoms with van der Waals surface area (Å²) in [6.45, 7) is 0.348. The molecule has 2 aromatic carbocycles. The maximum absolute atomic E-state index is 13.8. The van der Waals surface area contributed by atoms with Crippen molar-refractivity contribution < 1.29 is 28.2 Å². The van der Waals surface area contributed by atoms with E-state index < -0.39 is 6.10 Å². The molecule has 2 aromatic rings. The molecule has 0 bridgehead atoms. The summed E-state index contributed by atoms with van der Waals surface area (Å²) in [5.41, 5.74) is 1.42. The highest BCUT2D eigenvalue weighted by Crippen LogP contribution is 2.33. The van der Waals surface area contributed by atoms with Gasteiger partial charge < -0.3 is 25.0 Å². The van der Waals surface area contributed by atoms with Crippen LogP contribution in [0.25, 0.3) is 0 Å². The van der Waals surface area contributed by atoms with Crippen LogP contribution in [0.1, 0.15) is 54.4 Å². The number of carbonyl (C=O) groups is 3. The highest BCUT2D eigenvalue weighted by molar-refractivity contribution is 6.00. The molecule has 0 aromatic heterocycles. The first-order chi connectivity index (χ1) is 17.9. The van der Waals surface area contributed by atoms with Crippen molar-refractivity contribution in [3.05, 3.63) is 59.4 Å². The number of benzene rings is 2. The molecule has 0 unspecified atom stereocenters. The molecule has 3 atom stereocenters. The Bertz CT molecular complexity index is 1180. The highest BCUT2D eigenvalue weighted by atomic mass is 19.1. The Balaban J connectivity index is 1.20. The first-order valence-corrected chi connectivity index (χ1v) is 12.9. The number of hydrogen-bond acceptors (Lipinski definition) is 5. The van der Waals surface area contributed by atoms with Gasteiger partial charge in [0.25, 0.3) is 5.91 Å². The fourth-order valence-electron chi connectivity index (χ4n) is 5.13. The molecule has 8 nitrogen and oxygen atoms in total. The van der Waals surface area contributed by atoms with Gasteiger partial charge in [-0.1, -0.05) is 24.6 Å². The van der Waals surface area contributed by atoms with Crippen molar-refractivity contribution in [2.24, 2.45) is 5.92 Å². The van der Waals surface area contributed by atoms with E-state index in [0.717, 1.165) is 19.3 Å². The molecule has 1 saturated heterocycles. The molecule has 1 aliphatic carbocycles. The van der Waals surface area contributed by atoms with Crippen LogP contribution in [0.5, 0.6) is 5.75 Å². The molecule has 196 valence electrons. The van der Waals surface area contributed by atoms with Gasteiger partial charge in [0.2, 0.25) is 11.8 Å². The average molecular weight is 510 g/mol. The standard InChI is InChI=1S/C28H32FN3O5/c1-32-23-11-10-20(14-26(33)30-15-18-5-2-3-8-22(18)29)37-25(23)16-36-24-12-9-19(13-21(24)28(32)35)31-27(34)17-6-4-7-17/h2-3,5,8-9,12-13,17,20,23,25H,4,6-7,10-11,14-16H2,1H3,(H,30,33)(H,31,34)/t20-,23+,25-/m0/s1. The van der Waals surface area contributed by atoms with Gasteiger partial charge in [-0.25, -0.2) is 4.39 Å². The van der Waals surface area contributed by atoms with E-state index >= 15 is 0 Å². The summed E-state index contributed by atoms with van der Waals surface area (Å²) < 4.78 is 26.0. The molecule has 37 heavy (non-hydrogen) atoms. The second-order valence-corrected chi connectivity index (χ2v) is 10.1. The van der Waals surface area contributed by atoms with Crippen LogP contribution < -0.4 is 15.4 Å². The van der Waals surface area contributed by atoms with Gasteiger partial charge in [-0.15, -0.1) is 0 Å². The van der Waals surface area contributed by atoms with Crippen LogP contribution in [-0.4, -0.2) is 54.5 Å². The number of nitrogens with zero attached hydrogens (tertiary/aromatic N) is 1. The summed E-state index contributed by atoms with van der Waals surface area (Å²) in [4.78, 5) is 39.9. The molecule has 2 heterocycles. The molecule has 3 aliphatic rings. The number of rotatable bonds is 6. The summed E-state index contributed by atoms with van der Waals surface area (Å²) in [6, 6.07) is 11.3. The van der Waals surface area contributed by atoms with Crippen LogP contribution in [0, 0.1) is 11.7 Å². The Kier molecular flexibility index (Phi) is 7.41. The van der Waals surface area contributed by atoms with Crippen LogP contribution in [0.4, 0.5) is 10.1 Å². The van der Waals surface area contributed by atoms with Gasteiger partial charge in [-0.2, -0.15) is 0 Å². The van der Waals surface area contributed by atoms with Gasteiger partial charge in [0.05, 0.1) is 24.1 Å². The number of fused-ring (bicyclic) bond motifs is 2. The van der Waals surface area contributed by atoms with Crippen molar-refractivity contribution in [2.45, 2.75) is 63.3 Å². The van der Waals surface area contributed by atoms with E-state index in [4.69, 9.17) is 9.47 Å². The highest BCUT2D eigenvalue weighted by Gasteiger charge is 2.39. The van der Waals surface area contributed by atoms with Crippen molar-refractivity contribution in [3.63, 3.8) is 0 Å². The molecular formula is C28H32FN3O5. The van der Waals surface area contributed by atoms with E-state index in [2.05, 4.69) is 10.6 Å². The normalized spacial score (nSPS) is 23.5. The summed E-state index contributed by atoms with van der Waals surface area (Å²) in [6.07, 6.45) is 3.58. The van der Waals surface area contributed by atoms with Gasteiger partial charge >= 0.3 is 0 Å². The maximum Gasteiger partial charge on any atom is 0.257 e. The maximum atomic E-state index is 13.8. The largest absolute Gasteiger partial charge is 0.490 e. The number of hydrogen-bond donors (Lipinski definition) is 2. The zero-order valence-corrected chi connectivity index (χ0v) is 20.9. The first-order valence-electron chi connectivity index (χ1n) is 12.9. The zero-order chi connectivity index (χ0) is 25.9. The molecule has 5 rings (SSSR count). The smallest absolute Gasteiger partial charge is 0.257 e. The molecule has 2 aliphatic heterocycles. The third kappa shape index (κ3) is 5.61. The van der Waals surface area contributed by atoms with Crippen LogP contribution in [0.15, 0.2) is 42.5 Å². The minimum absolute atomic E-state index is 0.0107. The summed E-state index contributed by atoms with van der Waals surface area (Å²) in [7, 11) is 1.75. The van der Waals surface area contributed by atoms with E-state index in [9.17, 15) is 18.8 Å². The third-order valence-corrected chi connectivity index (χ3v) is 7.60. The Morgan fingerprint density at radius 1 is 1.11 bits per heavy atom. The first kappa shape index (κ1) is 25.2. The van der Waals surface area contributed by atoms with Crippen LogP contribution >= 0.6 is 0 Å². The number of ether oxygens (including phenoxy) is 2. The number of carbonyl (C=O) groups excluding carboxylic acids is 3. The fraction of sp³-hybridized carbons (Fsp3) is 0.464. The number of nitrogens with one attached hydrogen (secondary N) is 2. The average Bonchev–Trinajstić information content (AvgIpc) is 2.85. The summed E-state index contributed by atoms with van der Waals surface area (Å²) in [5, 5.41) is 5.68. The fourth-order valence-corrected chi connectivity index (χ4v) is 5.13. The van der Waals surface area contributed by atoms with Crippen molar-refractivity contribution in [1.29, 1.82) is 0 Å². The summed E-state index contributed by atoms with van der Waals surface area (Å²) >= 11 is 0. The van der Waals surface area contributed by atoms with Crippen molar-refractivity contribution in [2.75, 3.05) is 19.0 Å². The lowest BCUT2D eigenvalue weighted by Crippen LogP contribution is -2.53. The van der Waals surface area contributed by atoms with E-state index in [1.54, 1.807) is 48.3 Å². The molecular weight excluding hydrogens is 477 g/mol. The van der Waals surface area contributed by atoms with Crippen molar-refractivity contribution in [3.8, 4) is 5.75 Å². The molecule has 2 N–H and O–H groups in total. The Labute approximate surface area is 215 Å². The SMILES string of the molecule is CN1C(=O)c2cc(NC(=O)C3CCC3)ccc2OC[C@@H]2O[C@H](CC(=O)NCc3ccccc3F)CC[C@H]21. The quantitative estimate of drug-likeness (QED) is 0.620. The number of anilines is 1. The van der Waals surface area contributed by atoms with Crippen molar-refractivity contribution in [1.82, 2.24) is 10.2 Å². The summed E-state index contributed by atoms with van der Waals surface area (Å²) in [5.74, 6) is -0.300. The van der Waals surface area contributed by atoms with Crippen molar-refractivity contribution >= 4 is 23.4 Å². The van der Waals surface area contributed by atoms with E-state index in [0.29, 0.717) is 35.4 Å². The van der Waals surface area contributed by atoms with Gasteiger partial charge in [-0.05, 0) is 49.9 Å². The number of likely N-dealkylation sites (N-methyl/N-ethyl adjacent to an activating group) is 1. The van der Waals surface area contributed by atoms with Gasteiger partial charge in [0, 0.05) is 30.8 Å². The Hall–Kier alpha value is -3.46.